The number of ether oxygens (including phenoxy) is 2. The van der Waals surface area contributed by atoms with E-state index >= 15 is 0 Å². The predicted molar refractivity (Wildman–Crippen MR) is 90.8 cm³/mol. The van der Waals surface area contributed by atoms with Crippen LogP contribution in [-0.2, 0) is 9.47 Å². The minimum atomic E-state index is -0.174. The number of amides is 2. The number of rotatable bonds is 7. The van der Waals surface area contributed by atoms with E-state index in [0.29, 0.717) is 26.3 Å². The van der Waals surface area contributed by atoms with Gasteiger partial charge in [-0.3, -0.25) is 4.98 Å². The average molecular weight is 317 g/mol. The van der Waals surface area contributed by atoms with Crippen LogP contribution in [0.25, 0.3) is 10.9 Å². The van der Waals surface area contributed by atoms with Gasteiger partial charge in [-0.2, -0.15) is 0 Å². The molecule has 1 aromatic carbocycles. The second kappa shape index (κ2) is 8.45. The summed E-state index contributed by atoms with van der Waals surface area (Å²) in [5, 5.41) is 3.88. The number of carbonyl (C=O) groups excluding carboxylic acids is 1. The number of hydrogen-bond acceptors (Lipinski definition) is 4. The number of urea groups is 1. The van der Waals surface area contributed by atoms with Crippen molar-refractivity contribution in [3.05, 3.63) is 36.0 Å². The van der Waals surface area contributed by atoms with Crippen LogP contribution < -0.4 is 5.32 Å². The molecule has 0 saturated heterocycles. The summed E-state index contributed by atoms with van der Waals surface area (Å²) in [4.78, 5) is 18.7. The first-order valence-corrected chi connectivity index (χ1v) is 7.56. The van der Waals surface area contributed by atoms with Crippen LogP contribution in [0.1, 0.15) is 5.69 Å². The summed E-state index contributed by atoms with van der Waals surface area (Å²) >= 11 is 0. The molecule has 0 saturated carbocycles. The van der Waals surface area contributed by atoms with Gasteiger partial charge in [0.25, 0.3) is 0 Å². The number of anilines is 1. The fourth-order valence-electron chi connectivity index (χ4n) is 2.28. The number of nitrogens with one attached hydrogen (secondary N) is 1. The fourth-order valence-corrected chi connectivity index (χ4v) is 2.28. The molecule has 2 aromatic rings. The molecule has 0 bridgehead atoms. The molecule has 0 aliphatic rings. The van der Waals surface area contributed by atoms with Crippen molar-refractivity contribution in [2.45, 2.75) is 6.92 Å². The molecule has 6 nitrogen and oxygen atoms in total. The molecule has 0 aliphatic heterocycles. The predicted octanol–water partition coefficient (Wildman–Crippen LogP) is 2.67. The summed E-state index contributed by atoms with van der Waals surface area (Å²) in [7, 11) is 3.23. The van der Waals surface area contributed by atoms with Gasteiger partial charge in [-0.1, -0.05) is 6.07 Å². The first kappa shape index (κ1) is 17.2. The zero-order valence-corrected chi connectivity index (χ0v) is 13.8. The molecule has 6 heteroatoms. The van der Waals surface area contributed by atoms with E-state index in [9.17, 15) is 4.79 Å². The Balaban J connectivity index is 2.17. The number of nitrogens with zero attached hydrogens (tertiary/aromatic N) is 2. The highest BCUT2D eigenvalue weighted by atomic mass is 16.5. The van der Waals surface area contributed by atoms with Crippen LogP contribution >= 0.6 is 0 Å². The lowest BCUT2D eigenvalue weighted by Crippen LogP contribution is -2.39. The van der Waals surface area contributed by atoms with Gasteiger partial charge in [0.2, 0.25) is 0 Å². The smallest absolute Gasteiger partial charge is 0.322 e. The molecule has 0 unspecified atom stereocenters. The summed E-state index contributed by atoms with van der Waals surface area (Å²) in [6, 6.07) is 9.44. The number of carbonyl (C=O) groups is 1. The fraction of sp³-hybridized carbons (Fsp3) is 0.412. The van der Waals surface area contributed by atoms with Crippen LogP contribution in [0.3, 0.4) is 0 Å². The van der Waals surface area contributed by atoms with Crippen molar-refractivity contribution in [1.82, 2.24) is 9.88 Å². The van der Waals surface area contributed by atoms with Crippen molar-refractivity contribution in [1.29, 1.82) is 0 Å². The Morgan fingerprint density at radius 1 is 1.13 bits per heavy atom. The standard InChI is InChI=1S/C17H23N3O3/c1-13-7-8-14-15(18-13)5-4-6-16(14)19-17(21)20(9-11-22-2)10-12-23-3/h4-8H,9-12H2,1-3H3,(H,19,21). The third-order valence-electron chi connectivity index (χ3n) is 3.53. The van der Waals surface area contributed by atoms with Gasteiger partial charge in [-0.25, -0.2) is 4.79 Å². The number of aromatic nitrogens is 1. The van der Waals surface area contributed by atoms with Gasteiger partial charge in [0.05, 0.1) is 24.4 Å². The van der Waals surface area contributed by atoms with Crippen molar-refractivity contribution >= 4 is 22.6 Å². The quantitative estimate of drug-likeness (QED) is 0.853. The summed E-state index contributed by atoms with van der Waals surface area (Å²) in [5.74, 6) is 0. The Morgan fingerprint density at radius 3 is 2.48 bits per heavy atom. The minimum Gasteiger partial charge on any atom is -0.383 e. The van der Waals surface area contributed by atoms with E-state index in [1.165, 1.54) is 0 Å². The van der Waals surface area contributed by atoms with Crippen LogP contribution in [0.15, 0.2) is 30.3 Å². The molecule has 1 N–H and O–H groups in total. The van der Waals surface area contributed by atoms with Gasteiger partial charge in [0, 0.05) is 38.4 Å². The number of methoxy groups -OCH3 is 2. The number of aryl methyl sites for hydroxylation is 1. The van der Waals surface area contributed by atoms with Crippen LogP contribution in [0.4, 0.5) is 10.5 Å². The molecule has 0 aliphatic carbocycles. The minimum absolute atomic E-state index is 0.174. The maximum absolute atomic E-state index is 12.5. The highest BCUT2D eigenvalue weighted by Gasteiger charge is 2.14. The summed E-state index contributed by atoms with van der Waals surface area (Å²) in [6.07, 6.45) is 0. The zero-order chi connectivity index (χ0) is 16.7. The SMILES string of the molecule is COCCN(CCOC)C(=O)Nc1cccc2nc(C)ccc12. The molecular weight excluding hydrogens is 294 g/mol. The molecule has 1 heterocycles. The van der Waals surface area contributed by atoms with Gasteiger partial charge < -0.3 is 19.7 Å². The van der Waals surface area contributed by atoms with E-state index in [1.54, 1.807) is 19.1 Å². The highest BCUT2D eigenvalue weighted by molar-refractivity contribution is 6.00. The third kappa shape index (κ3) is 4.64. The van der Waals surface area contributed by atoms with Gasteiger partial charge in [0.1, 0.15) is 0 Å². The van der Waals surface area contributed by atoms with E-state index in [2.05, 4.69) is 10.3 Å². The molecule has 1 aromatic heterocycles. The maximum atomic E-state index is 12.5. The zero-order valence-electron chi connectivity index (χ0n) is 13.8. The molecule has 0 fully saturated rings. The van der Waals surface area contributed by atoms with Crippen LogP contribution in [0.5, 0.6) is 0 Å². The van der Waals surface area contributed by atoms with Crippen molar-refractivity contribution in [3.63, 3.8) is 0 Å². The van der Waals surface area contributed by atoms with E-state index in [1.807, 2.05) is 37.3 Å². The Labute approximate surface area is 136 Å². The van der Waals surface area contributed by atoms with E-state index in [4.69, 9.17) is 9.47 Å². The Morgan fingerprint density at radius 2 is 1.83 bits per heavy atom. The largest absolute Gasteiger partial charge is 0.383 e. The van der Waals surface area contributed by atoms with E-state index < -0.39 is 0 Å². The van der Waals surface area contributed by atoms with Crippen molar-refractivity contribution in [2.24, 2.45) is 0 Å². The van der Waals surface area contributed by atoms with Crippen LogP contribution in [0, 0.1) is 6.92 Å². The van der Waals surface area contributed by atoms with Crippen LogP contribution in [-0.4, -0.2) is 56.4 Å². The van der Waals surface area contributed by atoms with Gasteiger partial charge in [-0.15, -0.1) is 0 Å². The lowest BCUT2D eigenvalue weighted by Gasteiger charge is -2.22. The lowest BCUT2D eigenvalue weighted by atomic mass is 10.1. The number of pyridine rings is 1. The van der Waals surface area contributed by atoms with Crippen molar-refractivity contribution in [2.75, 3.05) is 45.8 Å². The van der Waals surface area contributed by atoms with Crippen molar-refractivity contribution in [3.8, 4) is 0 Å². The molecule has 0 spiro atoms. The molecule has 2 rings (SSSR count). The normalized spacial score (nSPS) is 10.7. The first-order chi connectivity index (χ1) is 11.2. The number of benzene rings is 1. The molecule has 0 radical (unpaired) electrons. The molecule has 124 valence electrons. The van der Waals surface area contributed by atoms with Crippen molar-refractivity contribution < 1.29 is 14.3 Å². The summed E-state index contributed by atoms with van der Waals surface area (Å²) in [6.45, 7) is 3.92. The summed E-state index contributed by atoms with van der Waals surface area (Å²) < 4.78 is 10.1. The van der Waals surface area contributed by atoms with Crippen LogP contribution in [0.2, 0.25) is 0 Å². The topological polar surface area (TPSA) is 63.7 Å². The Kier molecular flexibility index (Phi) is 6.31. The van der Waals surface area contributed by atoms with Gasteiger partial charge >= 0.3 is 6.03 Å². The molecule has 0 atom stereocenters. The maximum Gasteiger partial charge on any atom is 0.322 e. The first-order valence-electron chi connectivity index (χ1n) is 7.56. The van der Waals surface area contributed by atoms with E-state index in [-0.39, 0.29) is 6.03 Å². The number of hydrogen-bond donors (Lipinski definition) is 1. The Bertz CT molecular complexity index is 653. The third-order valence-corrected chi connectivity index (χ3v) is 3.53. The Hall–Kier alpha value is -2.18. The molecule has 23 heavy (non-hydrogen) atoms. The van der Waals surface area contributed by atoms with Gasteiger partial charge in [-0.05, 0) is 31.2 Å². The highest BCUT2D eigenvalue weighted by Crippen LogP contribution is 2.22. The van der Waals surface area contributed by atoms with Gasteiger partial charge in [0.15, 0.2) is 0 Å². The number of fused-ring (bicyclic) bond motifs is 1. The molecule has 2 amide bonds. The second-order valence-electron chi connectivity index (χ2n) is 5.23. The second-order valence-corrected chi connectivity index (χ2v) is 5.23. The average Bonchev–Trinajstić information content (AvgIpc) is 2.54. The van der Waals surface area contributed by atoms with E-state index in [0.717, 1.165) is 22.3 Å². The monoisotopic (exact) mass is 317 g/mol. The lowest BCUT2D eigenvalue weighted by molar-refractivity contribution is 0.127. The summed E-state index contributed by atoms with van der Waals surface area (Å²) in [5.41, 5.74) is 2.56. The molecular formula is C17H23N3O3.